The van der Waals surface area contributed by atoms with Gasteiger partial charge in [0.2, 0.25) is 0 Å². The lowest BCUT2D eigenvalue weighted by Crippen LogP contribution is -2.25. The molecule has 2 N–H and O–H groups in total. The summed E-state index contributed by atoms with van der Waals surface area (Å²) in [4.78, 5) is 17.1. The Morgan fingerprint density at radius 3 is 2.91 bits per heavy atom. The lowest BCUT2D eigenvalue weighted by atomic mass is 10.3. The number of carbonyl (C=O) groups excluding carboxylic acids is 1. The number of para-hydroxylation sites is 1. The predicted molar refractivity (Wildman–Crippen MR) is 95.9 cm³/mol. The number of nitrogens with one attached hydrogen (secondary N) is 2. The average Bonchev–Trinajstić information content (AvgIpc) is 3.11. The van der Waals surface area contributed by atoms with Crippen LogP contribution in [0.25, 0.3) is 10.2 Å². The summed E-state index contributed by atoms with van der Waals surface area (Å²) in [6.07, 6.45) is 1.62. The topological polar surface area (TPSA) is 66.4 Å². The van der Waals surface area contributed by atoms with Crippen molar-refractivity contribution >= 4 is 66.1 Å². The molecule has 0 radical (unpaired) electrons. The van der Waals surface area contributed by atoms with Crippen molar-refractivity contribution in [3.63, 3.8) is 0 Å². The van der Waals surface area contributed by atoms with E-state index < -0.39 is 0 Å². The molecule has 0 bridgehead atoms. The fourth-order valence-corrected chi connectivity index (χ4v) is 3.87. The minimum Gasteiger partial charge on any atom is -0.352 e. The number of thiophene rings is 1. The van der Waals surface area contributed by atoms with Crippen LogP contribution in [0.3, 0.4) is 0 Å². The number of halogens is 1. The Morgan fingerprint density at radius 2 is 2.14 bits per heavy atom. The summed E-state index contributed by atoms with van der Waals surface area (Å²) in [6.45, 7) is 0.130. The number of hydrogen-bond donors (Lipinski definition) is 2. The molecule has 1 amide bonds. The van der Waals surface area contributed by atoms with Gasteiger partial charge in [-0.2, -0.15) is 5.10 Å². The van der Waals surface area contributed by atoms with Gasteiger partial charge >= 0.3 is 0 Å². The Kier molecular flexibility index (Phi) is 4.81. The van der Waals surface area contributed by atoms with Gasteiger partial charge in [-0.1, -0.05) is 23.5 Å². The molecular formula is C14H11BrN4OS2. The van der Waals surface area contributed by atoms with Crippen molar-refractivity contribution in [2.24, 2.45) is 5.10 Å². The molecule has 2 heterocycles. The van der Waals surface area contributed by atoms with Crippen LogP contribution in [0.2, 0.25) is 0 Å². The monoisotopic (exact) mass is 394 g/mol. The number of anilines is 1. The highest BCUT2D eigenvalue weighted by molar-refractivity contribution is 9.11. The molecule has 3 aromatic rings. The first-order valence-electron chi connectivity index (χ1n) is 6.37. The first kappa shape index (κ1) is 15.1. The number of hydrogen-bond acceptors (Lipinski definition) is 6. The smallest absolute Gasteiger partial charge is 0.259 e. The Labute approximate surface area is 143 Å². The lowest BCUT2D eigenvalue weighted by Gasteiger charge is -2.00. The van der Waals surface area contributed by atoms with Crippen LogP contribution >= 0.6 is 38.6 Å². The number of amides is 1. The zero-order valence-electron chi connectivity index (χ0n) is 11.2. The molecule has 2 aromatic heterocycles. The van der Waals surface area contributed by atoms with Gasteiger partial charge < -0.3 is 5.32 Å². The summed E-state index contributed by atoms with van der Waals surface area (Å²) in [6, 6.07) is 11.7. The first-order chi connectivity index (χ1) is 10.7. The molecule has 0 aliphatic rings. The molecule has 112 valence electrons. The number of carbonyl (C=O) groups is 1. The number of thiazole rings is 1. The van der Waals surface area contributed by atoms with Crippen molar-refractivity contribution in [1.29, 1.82) is 0 Å². The van der Waals surface area contributed by atoms with E-state index >= 15 is 0 Å². The van der Waals surface area contributed by atoms with E-state index in [0.717, 1.165) is 24.0 Å². The normalized spacial score (nSPS) is 11.1. The number of hydrazone groups is 1. The van der Waals surface area contributed by atoms with E-state index in [1.165, 1.54) is 11.3 Å². The zero-order valence-corrected chi connectivity index (χ0v) is 14.5. The molecule has 0 atom stereocenters. The maximum absolute atomic E-state index is 11.7. The molecule has 0 unspecified atom stereocenters. The number of rotatable bonds is 5. The lowest BCUT2D eigenvalue weighted by molar-refractivity contribution is -0.119. The molecule has 0 saturated heterocycles. The maximum atomic E-state index is 11.7. The summed E-state index contributed by atoms with van der Waals surface area (Å²) >= 11 is 6.43. The van der Waals surface area contributed by atoms with Gasteiger partial charge in [0.1, 0.15) is 0 Å². The highest BCUT2D eigenvalue weighted by atomic mass is 79.9. The van der Waals surface area contributed by atoms with E-state index in [1.54, 1.807) is 17.6 Å². The number of nitrogens with zero attached hydrogens (tertiary/aromatic N) is 2. The number of aromatic nitrogens is 1. The third kappa shape index (κ3) is 3.90. The SMILES string of the molecule is O=C(CNc1nc2ccccc2s1)N/N=C\c1ccc(Br)s1. The van der Waals surface area contributed by atoms with E-state index in [2.05, 4.69) is 36.8 Å². The van der Waals surface area contributed by atoms with Crippen molar-refractivity contribution in [2.75, 3.05) is 11.9 Å². The summed E-state index contributed by atoms with van der Waals surface area (Å²) in [5.74, 6) is -0.217. The Balaban J connectivity index is 1.50. The van der Waals surface area contributed by atoms with Crippen molar-refractivity contribution < 1.29 is 4.79 Å². The molecule has 0 aliphatic carbocycles. The molecule has 3 rings (SSSR count). The molecular weight excluding hydrogens is 384 g/mol. The van der Waals surface area contributed by atoms with Crippen molar-refractivity contribution in [3.8, 4) is 0 Å². The van der Waals surface area contributed by atoms with Gasteiger partial charge in [0, 0.05) is 4.88 Å². The third-order valence-electron chi connectivity index (χ3n) is 2.67. The molecule has 5 nitrogen and oxygen atoms in total. The van der Waals surface area contributed by atoms with Crippen LogP contribution in [0.1, 0.15) is 4.88 Å². The minimum absolute atomic E-state index is 0.130. The molecule has 0 fully saturated rings. The van der Waals surface area contributed by atoms with Crippen molar-refractivity contribution in [2.45, 2.75) is 0 Å². The molecule has 22 heavy (non-hydrogen) atoms. The van der Waals surface area contributed by atoms with E-state index in [-0.39, 0.29) is 12.5 Å². The summed E-state index contributed by atoms with van der Waals surface area (Å²) in [5, 5.41) is 7.65. The van der Waals surface area contributed by atoms with Crippen LogP contribution in [0.5, 0.6) is 0 Å². The molecule has 0 spiro atoms. The second kappa shape index (κ2) is 6.99. The minimum atomic E-state index is -0.217. The highest BCUT2D eigenvalue weighted by Gasteiger charge is 2.04. The number of benzene rings is 1. The van der Waals surface area contributed by atoms with E-state index in [9.17, 15) is 4.79 Å². The van der Waals surface area contributed by atoms with Crippen LogP contribution in [-0.4, -0.2) is 23.7 Å². The van der Waals surface area contributed by atoms with Crippen LogP contribution in [-0.2, 0) is 4.79 Å². The van der Waals surface area contributed by atoms with Gasteiger partial charge in [0.15, 0.2) is 5.13 Å². The van der Waals surface area contributed by atoms with Gasteiger partial charge in [-0.05, 0) is 40.2 Å². The van der Waals surface area contributed by atoms with E-state index in [1.807, 2.05) is 36.4 Å². The maximum Gasteiger partial charge on any atom is 0.259 e. The van der Waals surface area contributed by atoms with Crippen LogP contribution < -0.4 is 10.7 Å². The Morgan fingerprint density at radius 1 is 1.27 bits per heavy atom. The zero-order chi connectivity index (χ0) is 15.4. The second-order valence-corrected chi connectivity index (χ2v) is 7.80. The second-order valence-electron chi connectivity index (χ2n) is 4.28. The van der Waals surface area contributed by atoms with Gasteiger partial charge in [-0.3, -0.25) is 4.79 Å². The summed E-state index contributed by atoms with van der Waals surface area (Å²) in [5.41, 5.74) is 3.41. The van der Waals surface area contributed by atoms with Gasteiger partial charge in [-0.15, -0.1) is 11.3 Å². The first-order valence-corrected chi connectivity index (χ1v) is 8.80. The third-order valence-corrected chi connectivity index (χ3v) is 5.22. The average molecular weight is 395 g/mol. The summed E-state index contributed by atoms with van der Waals surface area (Å²) in [7, 11) is 0. The predicted octanol–water partition coefficient (Wildman–Crippen LogP) is 3.68. The van der Waals surface area contributed by atoms with Crippen molar-refractivity contribution in [3.05, 3.63) is 45.1 Å². The van der Waals surface area contributed by atoms with E-state index in [0.29, 0.717) is 0 Å². The van der Waals surface area contributed by atoms with Crippen LogP contribution in [0.4, 0.5) is 5.13 Å². The standard InChI is InChI=1S/C14H11BrN4OS2/c15-12-6-5-9(21-12)7-17-19-13(20)8-16-14-18-10-3-1-2-4-11(10)22-14/h1-7H,8H2,(H,16,18)(H,19,20)/b17-7-. The summed E-state index contributed by atoms with van der Waals surface area (Å²) < 4.78 is 2.12. The Bertz CT molecular complexity index is 794. The largest absolute Gasteiger partial charge is 0.352 e. The molecule has 8 heteroatoms. The van der Waals surface area contributed by atoms with Gasteiger partial charge in [0.25, 0.3) is 5.91 Å². The van der Waals surface area contributed by atoms with E-state index in [4.69, 9.17) is 0 Å². The Hall–Kier alpha value is -1.77. The molecule has 1 aromatic carbocycles. The van der Waals surface area contributed by atoms with Gasteiger partial charge in [0.05, 0.1) is 26.8 Å². The molecule has 0 aliphatic heterocycles. The number of fused-ring (bicyclic) bond motifs is 1. The fraction of sp³-hybridized carbons (Fsp3) is 0.0714. The van der Waals surface area contributed by atoms with Crippen LogP contribution in [0, 0.1) is 0 Å². The molecule has 0 saturated carbocycles. The van der Waals surface area contributed by atoms with Crippen LogP contribution in [0.15, 0.2) is 45.3 Å². The fourth-order valence-electron chi connectivity index (χ4n) is 1.71. The quantitative estimate of drug-likeness (QED) is 0.512. The van der Waals surface area contributed by atoms with Gasteiger partial charge in [-0.25, -0.2) is 10.4 Å². The van der Waals surface area contributed by atoms with Crippen molar-refractivity contribution in [1.82, 2.24) is 10.4 Å². The highest BCUT2D eigenvalue weighted by Crippen LogP contribution is 2.25.